The molecule has 0 saturated heterocycles. The summed E-state index contributed by atoms with van der Waals surface area (Å²) in [5.74, 6) is 0. The van der Waals surface area contributed by atoms with Crippen LogP contribution in [-0.4, -0.2) is 0 Å². The quantitative estimate of drug-likeness (QED) is 0.390. The first-order valence-corrected chi connectivity index (χ1v) is 8.35. The van der Waals surface area contributed by atoms with Crippen molar-refractivity contribution in [2.24, 2.45) is 0 Å². The number of nitrogens with zero attached hydrogens (tertiary/aromatic N) is 1. The highest BCUT2D eigenvalue weighted by Gasteiger charge is 2.23. The van der Waals surface area contributed by atoms with Gasteiger partial charge in [0.1, 0.15) is 0 Å². The lowest BCUT2D eigenvalue weighted by Crippen LogP contribution is -2.14. The van der Waals surface area contributed by atoms with Crippen molar-refractivity contribution < 1.29 is 0 Å². The van der Waals surface area contributed by atoms with Crippen LogP contribution >= 0.6 is 27.7 Å². The van der Waals surface area contributed by atoms with Crippen molar-refractivity contribution in [1.82, 2.24) is 0 Å². The fraction of sp³-hybridized carbons (Fsp3) is 0. The molecule has 0 atom stereocenters. The summed E-state index contributed by atoms with van der Waals surface area (Å²) in [5, 5.41) is 0. The van der Waals surface area contributed by atoms with E-state index in [1.165, 1.54) is 26.9 Å². The van der Waals surface area contributed by atoms with Gasteiger partial charge < -0.3 is 4.90 Å². The smallest absolute Gasteiger partial charge is 0.0601 e. The average Bonchev–Trinajstić information content (AvgIpc) is 2.53. The lowest BCUT2D eigenvalue weighted by atomic mass is 10.2. The van der Waals surface area contributed by atoms with E-state index in [4.69, 9.17) is 0 Å². The minimum absolute atomic E-state index is 1.10. The summed E-state index contributed by atoms with van der Waals surface area (Å²) in [6, 6.07) is 25.6. The summed E-state index contributed by atoms with van der Waals surface area (Å²) in [7, 11) is 0. The van der Waals surface area contributed by atoms with Gasteiger partial charge in [-0.3, -0.25) is 0 Å². The second-order valence-electron chi connectivity index (χ2n) is 4.85. The molecule has 0 fully saturated rings. The zero-order valence-corrected chi connectivity index (χ0v) is 13.6. The molecular weight excluding hydrogens is 342 g/mol. The molecule has 3 heteroatoms. The SMILES string of the molecule is Brc1ccc(N2c3ccccc3Sc3ccccc32)cc1. The highest BCUT2D eigenvalue weighted by atomic mass is 79.9. The monoisotopic (exact) mass is 353 g/mol. The Morgan fingerprint density at radius 2 is 1.19 bits per heavy atom. The van der Waals surface area contributed by atoms with E-state index in [-0.39, 0.29) is 0 Å². The van der Waals surface area contributed by atoms with Crippen LogP contribution in [0.5, 0.6) is 0 Å². The number of hydrogen-bond acceptors (Lipinski definition) is 2. The van der Waals surface area contributed by atoms with Crippen LogP contribution in [0, 0.1) is 0 Å². The standard InChI is InChI=1S/C18H12BrNS/c19-13-9-11-14(12-10-13)20-15-5-1-3-7-17(15)21-18-8-4-2-6-16(18)20/h1-12H. The zero-order valence-electron chi connectivity index (χ0n) is 11.2. The Morgan fingerprint density at radius 1 is 0.667 bits per heavy atom. The van der Waals surface area contributed by atoms with Crippen LogP contribution in [0.1, 0.15) is 0 Å². The normalized spacial score (nSPS) is 12.7. The van der Waals surface area contributed by atoms with E-state index in [2.05, 4.69) is 93.6 Å². The van der Waals surface area contributed by atoms with Gasteiger partial charge in [-0.2, -0.15) is 0 Å². The lowest BCUT2D eigenvalue weighted by Gasteiger charge is -2.32. The van der Waals surface area contributed by atoms with Gasteiger partial charge in [-0.25, -0.2) is 0 Å². The van der Waals surface area contributed by atoms with Crippen LogP contribution in [0.25, 0.3) is 0 Å². The molecule has 0 aromatic heterocycles. The van der Waals surface area contributed by atoms with Gasteiger partial charge in [0, 0.05) is 20.0 Å². The Labute approximate surface area is 136 Å². The molecule has 1 aliphatic rings. The Kier molecular flexibility index (Phi) is 3.24. The molecule has 21 heavy (non-hydrogen) atoms. The summed E-state index contributed by atoms with van der Waals surface area (Å²) in [6.07, 6.45) is 0. The second-order valence-corrected chi connectivity index (χ2v) is 6.85. The number of rotatable bonds is 1. The van der Waals surface area contributed by atoms with Gasteiger partial charge in [-0.15, -0.1) is 0 Å². The predicted octanol–water partition coefficient (Wildman–Crippen LogP) is 6.38. The maximum Gasteiger partial charge on any atom is 0.0601 e. The molecule has 0 saturated carbocycles. The Morgan fingerprint density at radius 3 is 1.76 bits per heavy atom. The van der Waals surface area contributed by atoms with Gasteiger partial charge in [0.05, 0.1) is 11.4 Å². The highest BCUT2D eigenvalue weighted by molar-refractivity contribution is 9.10. The molecule has 0 unspecified atom stereocenters. The molecule has 1 nitrogen and oxygen atoms in total. The van der Waals surface area contributed by atoms with Gasteiger partial charge in [0.15, 0.2) is 0 Å². The third-order valence-electron chi connectivity index (χ3n) is 3.52. The molecule has 4 rings (SSSR count). The summed E-state index contributed by atoms with van der Waals surface area (Å²) >= 11 is 5.34. The average molecular weight is 354 g/mol. The van der Waals surface area contributed by atoms with Gasteiger partial charge in [-0.1, -0.05) is 52.0 Å². The number of hydrogen-bond donors (Lipinski definition) is 0. The summed E-state index contributed by atoms with van der Waals surface area (Å²) < 4.78 is 1.10. The van der Waals surface area contributed by atoms with Crippen LogP contribution in [-0.2, 0) is 0 Å². The van der Waals surface area contributed by atoms with Crippen LogP contribution < -0.4 is 4.90 Å². The molecular formula is C18H12BrNS. The third kappa shape index (κ3) is 2.27. The topological polar surface area (TPSA) is 3.24 Å². The summed E-state index contributed by atoms with van der Waals surface area (Å²) in [4.78, 5) is 4.91. The van der Waals surface area contributed by atoms with E-state index in [0.717, 1.165) is 4.47 Å². The molecule has 0 aliphatic carbocycles. The lowest BCUT2D eigenvalue weighted by molar-refractivity contribution is 1.16. The molecule has 1 heterocycles. The summed E-state index contributed by atoms with van der Waals surface area (Å²) in [5.41, 5.74) is 3.66. The minimum atomic E-state index is 1.10. The first-order valence-electron chi connectivity index (χ1n) is 6.74. The van der Waals surface area contributed by atoms with E-state index in [1.807, 2.05) is 11.8 Å². The van der Waals surface area contributed by atoms with Crippen molar-refractivity contribution in [1.29, 1.82) is 0 Å². The maximum absolute atomic E-state index is 3.51. The van der Waals surface area contributed by atoms with Crippen molar-refractivity contribution in [2.75, 3.05) is 4.90 Å². The van der Waals surface area contributed by atoms with Gasteiger partial charge >= 0.3 is 0 Å². The second kappa shape index (κ2) is 5.24. The first kappa shape index (κ1) is 13.0. The molecule has 0 bridgehead atoms. The Balaban J connectivity index is 1.95. The molecule has 0 spiro atoms. The van der Waals surface area contributed by atoms with E-state index in [9.17, 15) is 0 Å². The minimum Gasteiger partial charge on any atom is -0.308 e. The molecule has 3 aromatic carbocycles. The zero-order chi connectivity index (χ0) is 14.2. The molecule has 0 radical (unpaired) electrons. The van der Waals surface area contributed by atoms with Crippen LogP contribution in [0.4, 0.5) is 17.1 Å². The van der Waals surface area contributed by atoms with Gasteiger partial charge in [0.25, 0.3) is 0 Å². The molecule has 102 valence electrons. The van der Waals surface area contributed by atoms with E-state index < -0.39 is 0 Å². The summed E-state index contributed by atoms with van der Waals surface area (Å²) in [6.45, 7) is 0. The Bertz CT molecular complexity index is 753. The number of fused-ring (bicyclic) bond motifs is 2. The fourth-order valence-electron chi connectivity index (χ4n) is 2.57. The van der Waals surface area contributed by atoms with Gasteiger partial charge in [0.2, 0.25) is 0 Å². The predicted molar refractivity (Wildman–Crippen MR) is 92.9 cm³/mol. The fourth-order valence-corrected chi connectivity index (χ4v) is 3.90. The Hall–Kier alpha value is -1.71. The van der Waals surface area contributed by atoms with Gasteiger partial charge in [-0.05, 0) is 48.5 Å². The molecule has 0 amide bonds. The van der Waals surface area contributed by atoms with Crippen molar-refractivity contribution in [3.05, 3.63) is 77.3 Å². The third-order valence-corrected chi connectivity index (χ3v) is 5.18. The van der Waals surface area contributed by atoms with Crippen LogP contribution in [0.3, 0.4) is 0 Å². The number of para-hydroxylation sites is 2. The number of anilines is 3. The largest absolute Gasteiger partial charge is 0.308 e. The van der Waals surface area contributed by atoms with Crippen LogP contribution in [0.2, 0.25) is 0 Å². The first-order chi connectivity index (χ1) is 10.3. The van der Waals surface area contributed by atoms with E-state index in [1.54, 1.807) is 0 Å². The van der Waals surface area contributed by atoms with E-state index >= 15 is 0 Å². The van der Waals surface area contributed by atoms with Crippen molar-refractivity contribution >= 4 is 44.8 Å². The van der Waals surface area contributed by atoms with Crippen molar-refractivity contribution in [2.45, 2.75) is 9.79 Å². The maximum atomic E-state index is 3.51. The molecule has 3 aromatic rings. The van der Waals surface area contributed by atoms with Crippen molar-refractivity contribution in [3.63, 3.8) is 0 Å². The van der Waals surface area contributed by atoms with Crippen molar-refractivity contribution in [3.8, 4) is 0 Å². The molecule has 1 aliphatic heterocycles. The number of benzene rings is 3. The van der Waals surface area contributed by atoms with E-state index in [0.29, 0.717) is 0 Å². The van der Waals surface area contributed by atoms with Crippen LogP contribution in [0.15, 0.2) is 87.1 Å². The molecule has 0 N–H and O–H groups in total. The highest BCUT2D eigenvalue weighted by Crippen LogP contribution is 2.50. The number of halogens is 1.